The molecule has 1 nitrogen and oxygen atoms in total. The van der Waals surface area contributed by atoms with Crippen LogP contribution in [-0.2, 0) is 4.79 Å². The van der Waals surface area contributed by atoms with Crippen molar-refractivity contribution in [3.05, 3.63) is 23.8 Å². The molecular weight excluding hydrogens is 172 g/mol. The van der Waals surface area contributed by atoms with E-state index in [1.54, 1.807) is 0 Å². The molecule has 2 aliphatic rings. The largest absolute Gasteiger partial charge is 0.295 e. The van der Waals surface area contributed by atoms with E-state index in [1.165, 1.54) is 17.6 Å². The van der Waals surface area contributed by atoms with Crippen LogP contribution >= 0.6 is 0 Å². The third-order valence-corrected chi connectivity index (χ3v) is 4.02. The predicted molar refractivity (Wildman–Crippen MR) is 58.0 cm³/mol. The molecule has 1 spiro atoms. The van der Waals surface area contributed by atoms with Gasteiger partial charge in [0.1, 0.15) is 0 Å². The van der Waals surface area contributed by atoms with Gasteiger partial charge < -0.3 is 0 Å². The van der Waals surface area contributed by atoms with Gasteiger partial charge in [-0.1, -0.05) is 24.6 Å². The second-order valence-corrected chi connectivity index (χ2v) is 5.01. The molecule has 0 saturated heterocycles. The van der Waals surface area contributed by atoms with Crippen molar-refractivity contribution in [3.63, 3.8) is 0 Å². The summed E-state index contributed by atoms with van der Waals surface area (Å²) in [5.74, 6) is 0.935. The number of carbonyl (C=O) groups is 1. The summed E-state index contributed by atoms with van der Waals surface area (Å²) >= 11 is 0. The number of carbonyl (C=O) groups excluding carboxylic acids is 1. The fourth-order valence-electron chi connectivity index (χ4n) is 2.93. The third-order valence-electron chi connectivity index (χ3n) is 4.02. The van der Waals surface area contributed by atoms with Crippen molar-refractivity contribution in [1.82, 2.24) is 0 Å². The Bertz CT molecular complexity index is 324. The van der Waals surface area contributed by atoms with Gasteiger partial charge in [0.25, 0.3) is 0 Å². The fourth-order valence-corrected chi connectivity index (χ4v) is 2.93. The number of allylic oxidation sites excluding steroid dienone is 3. The van der Waals surface area contributed by atoms with E-state index in [4.69, 9.17) is 0 Å². The van der Waals surface area contributed by atoms with Crippen LogP contribution in [0.3, 0.4) is 0 Å². The van der Waals surface area contributed by atoms with Crippen LogP contribution < -0.4 is 0 Å². The minimum Gasteiger partial charge on any atom is -0.295 e. The Hall–Kier alpha value is -0.850. The van der Waals surface area contributed by atoms with Gasteiger partial charge in [-0.05, 0) is 43.6 Å². The second kappa shape index (κ2) is 3.08. The first-order valence-electron chi connectivity index (χ1n) is 5.43. The molecule has 1 heteroatoms. The molecule has 0 heterocycles. The molecule has 0 aromatic carbocycles. The summed E-state index contributed by atoms with van der Waals surface area (Å²) in [7, 11) is 0. The van der Waals surface area contributed by atoms with Gasteiger partial charge in [-0.3, -0.25) is 4.79 Å². The Kier molecular flexibility index (Phi) is 2.13. The molecule has 2 aliphatic carbocycles. The van der Waals surface area contributed by atoms with Crippen molar-refractivity contribution in [2.75, 3.05) is 0 Å². The lowest BCUT2D eigenvalue weighted by Gasteiger charge is -2.33. The van der Waals surface area contributed by atoms with Gasteiger partial charge in [0.05, 0.1) is 0 Å². The van der Waals surface area contributed by atoms with Crippen molar-refractivity contribution >= 4 is 5.78 Å². The number of rotatable bonds is 0. The van der Waals surface area contributed by atoms with Crippen molar-refractivity contribution in [2.45, 2.75) is 39.5 Å². The minimum absolute atomic E-state index is 0.296. The molecule has 1 saturated carbocycles. The Labute approximate surface area is 85.9 Å². The van der Waals surface area contributed by atoms with Crippen LogP contribution in [0.25, 0.3) is 0 Å². The molecule has 0 bridgehead atoms. The van der Waals surface area contributed by atoms with E-state index in [0.29, 0.717) is 17.1 Å². The summed E-state index contributed by atoms with van der Waals surface area (Å²) in [6.45, 7) is 8.49. The topological polar surface area (TPSA) is 17.1 Å². The highest BCUT2D eigenvalue weighted by atomic mass is 16.1. The van der Waals surface area contributed by atoms with Crippen molar-refractivity contribution in [2.24, 2.45) is 11.3 Å². The smallest absolute Gasteiger partial charge is 0.155 e. The molecule has 0 aliphatic heterocycles. The lowest BCUT2D eigenvalue weighted by molar-refractivity contribution is -0.115. The molecule has 1 fully saturated rings. The Morgan fingerprint density at radius 2 is 2.29 bits per heavy atom. The average Bonchev–Trinajstić information content (AvgIpc) is 2.39. The SMILES string of the molecule is C=C1CC2(CCC(=O)C=C2C)CC1C. The molecule has 2 unspecified atom stereocenters. The van der Waals surface area contributed by atoms with E-state index in [9.17, 15) is 4.79 Å². The van der Waals surface area contributed by atoms with E-state index in [-0.39, 0.29) is 0 Å². The standard InChI is InChI=1S/C13H18O/c1-9-7-13(8-10(9)2)5-4-12(14)6-11(13)3/h6,10H,1,4-5,7-8H2,2-3H3. The van der Waals surface area contributed by atoms with Crippen LogP contribution in [0.4, 0.5) is 0 Å². The molecule has 0 radical (unpaired) electrons. The van der Waals surface area contributed by atoms with Gasteiger partial charge in [0.2, 0.25) is 0 Å². The van der Waals surface area contributed by atoms with Gasteiger partial charge in [-0.15, -0.1) is 0 Å². The third kappa shape index (κ3) is 1.35. The first-order chi connectivity index (χ1) is 6.53. The zero-order valence-corrected chi connectivity index (χ0v) is 9.10. The Morgan fingerprint density at radius 3 is 2.79 bits per heavy atom. The van der Waals surface area contributed by atoms with Crippen LogP contribution in [-0.4, -0.2) is 5.78 Å². The lowest BCUT2D eigenvalue weighted by Crippen LogP contribution is -2.24. The van der Waals surface area contributed by atoms with E-state index < -0.39 is 0 Å². The lowest BCUT2D eigenvalue weighted by atomic mass is 9.71. The van der Waals surface area contributed by atoms with E-state index >= 15 is 0 Å². The van der Waals surface area contributed by atoms with Gasteiger partial charge >= 0.3 is 0 Å². The maximum Gasteiger partial charge on any atom is 0.155 e. The van der Waals surface area contributed by atoms with Crippen LogP contribution in [0.1, 0.15) is 39.5 Å². The highest BCUT2D eigenvalue weighted by molar-refractivity contribution is 5.91. The first-order valence-corrected chi connectivity index (χ1v) is 5.43. The molecule has 0 aromatic heterocycles. The summed E-state index contributed by atoms with van der Waals surface area (Å²) in [5.41, 5.74) is 2.95. The van der Waals surface area contributed by atoms with Crippen LogP contribution in [0.5, 0.6) is 0 Å². The average molecular weight is 190 g/mol. The van der Waals surface area contributed by atoms with Crippen molar-refractivity contribution in [1.29, 1.82) is 0 Å². The van der Waals surface area contributed by atoms with E-state index in [0.717, 1.165) is 19.3 Å². The summed E-state index contributed by atoms with van der Waals surface area (Å²) in [6.07, 6.45) is 5.93. The normalized spacial score (nSPS) is 37.9. The van der Waals surface area contributed by atoms with Crippen molar-refractivity contribution in [3.8, 4) is 0 Å². The highest BCUT2D eigenvalue weighted by Crippen LogP contribution is 2.53. The number of hydrogen-bond acceptors (Lipinski definition) is 1. The second-order valence-electron chi connectivity index (χ2n) is 5.01. The van der Waals surface area contributed by atoms with Crippen LogP contribution in [0.15, 0.2) is 23.8 Å². The van der Waals surface area contributed by atoms with Gasteiger partial charge in [-0.25, -0.2) is 0 Å². The number of ketones is 1. The van der Waals surface area contributed by atoms with E-state index in [2.05, 4.69) is 20.4 Å². The zero-order valence-electron chi connectivity index (χ0n) is 9.10. The van der Waals surface area contributed by atoms with E-state index in [1.807, 2.05) is 6.08 Å². The molecule has 0 aromatic rings. The van der Waals surface area contributed by atoms with Crippen LogP contribution in [0, 0.1) is 11.3 Å². The summed E-state index contributed by atoms with van der Waals surface area (Å²) in [4.78, 5) is 11.3. The summed E-state index contributed by atoms with van der Waals surface area (Å²) in [5, 5.41) is 0. The zero-order chi connectivity index (χ0) is 10.3. The Morgan fingerprint density at radius 1 is 1.57 bits per heavy atom. The highest BCUT2D eigenvalue weighted by Gasteiger charge is 2.42. The summed E-state index contributed by atoms with van der Waals surface area (Å²) in [6, 6.07) is 0. The molecular formula is C13H18O. The molecule has 76 valence electrons. The molecule has 0 N–H and O–H groups in total. The first kappa shape index (κ1) is 9.70. The van der Waals surface area contributed by atoms with Gasteiger partial charge in [-0.2, -0.15) is 0 Å². The maximum atomic E-state index is 11.3. The molecule has 2 atom stereocenters. The van der Waals surface area contributed by atoms with Gasteiger partial charge in [0, 0.05) is 6.42 Å². The monoisotopic (exact) mass is 190 g/mol. The fraction of sp³-hybridized carbons (Fsp3) is 0.615. The predicted octanol–water partition coefficient (Wildman–Crippen LogP) is 3.27. The van der Waals surface area contributed by atoms with Crippen molar-refractivity contribution < 1.29 is 4.79 Å². The van der Waals surface area contributed by atoms with Crippen LogP contribution in [0.2, 0.25) is 0 Å². The van der Waals surface area contributed by atoms with Gasteiger partial charge in [0.15, 0.2) is 5.78 Å². The minimum atomic E-state index is 0.296. The molecule has 2 rings (SSSR count). The summed E-state index contributed by atoms with van der Waals surface area (Å²) < 4.78 is 0. The molecule has 0 amide bonds. The maximum absolute atomic E-state index is 11.3. The number of hydrogen-bond donors (Lipinski definition) is 0. The molecule has 14 heavy (non-hydrogen) atoms. The quantitative estimate of drug-likeness (QED) is 0.536. The Balaban J connectivity index is 2.30.